The molecule has 8 nitrogen and oxygen atoms in total. The van der Waals surface area contributed by atoms with E-state index in [9.17, 15) is 9.59 Å². The molecule has 158 valence electrons. The molecular weight excluding hydrogens is 394 g/mol. The van der Waals surface area contributed by atoms with Crippen molar-refractivity contribution in [2.45, 2.75) is 12.8 Å². The number of nitrogens with zero attached hydrogens (tertiary/aromatic N) is 2. The van der Waals surface area contributed by atoms with Crippen LogP contribution in [0.2, 0.25) is 0 Å². The van der Waals surface area contributed by atoms with Gasteiger partial charge in [0.2, 0.25) is 0 Å². The molecule has 31 heavy (non-hydrogen) atoms. The van der Waals surface area contributed by atoms with Gasteiger partial charge in [0, 0.05) is 24.7 Å². The van der Waals surface area contributed by atoms with Crippen LogP contribution in [0.25, 0.3) is 33.3 Å². The number of likely N-dealkylation sites (tertiary alicyclic amines) is 1. The summed E-state index contributed by atoms with van der Waals surface area (Å²) in [5, 5.41) is 3.71. The van der Waals surface area contributed by atoms with Crippen molar-refractivity contribution in [1.29, 1.82) is 0 Å². The number of para-hydroxylation sites is 1. The Balaban J connectivity index is 1.31. The highest BCUT2D eigenvalue weighted by Gasteiger charge is 2.14. The van der Waals surface area contributed by atoms with Gasteiger partial charge in [0.15, 0.2) is 0 Å². The molecule has 2 aromatic heterocycles. The second kappa shape index (κ2) is 8.23. The molecule has 0 atom stereocenters. The third-order valence-electron chi connectivity index (χ3n) is 5.57. The van der Waals surface area contributed by atoms with E-state index >= 15 is 0 Å². The molecule has 3 N–H and O–H groups in total. The maximum atomic E-state index is 12.5. The van der Waals surface area contributed by atoms with Crippen LogP contribution in [0, 0.1) is 0 Å². The van der Waals surface area contributed by atoms with Gasteiger partial charge < -0.3 is 24.9 Å². The van der Waals surface area contributed by atoms with Gasteiger partial charge in [-0.2, -0.15) is 0 Å². The van der Waals surface area contributed by atoms with E-state index in [1.165, 1.54) is 12.8 Å². The quantitative estimate of drug-likeness (QED) is 0.463. The lowest BCUT2D eigenvalue weighted by atomic mass is 10.1. The minimum Gasteiger partial charge on any atom is -0.410 e. The van der Waals surface area contributed by atoms with E-state index in [4.69, 9.17) is 4.74 Å². The van der Waals surface area contributed by atoms with Crippen LogP contribution in [0.1, 0.15) is 12.8 Å². The molecule has 0 radical (unpaired) electrons. The number of H-pyrrole nitrogens is 2. The summed E-state index contributed by atoms with van der Waals surface area (Å²) in [6, 6.07) is 14.6. The Morgan fingerprint density at radius 1 is 1.06 bits per heavy atom. The molecule has 1 saturated heterocycles. The van der Waals surface area contributed by atoms with E-state index < -0.39 is 6.09 Å². The van der Waals surface area contributed by atoms with Crippen LogP contribution in [0.5, 0.6) is 5.75 Å². The monoisotopic (exact) mass is 417 g/mol. The summed E-state index contributed by atoms with van der Waals surface area (Å²) in [6.07, 6.45) is 1.96. The van der Waals surface area contributed by atoms with Crippen molar-refractivity contribution in [3.8, 4) is 17.1 Å². The molecule has 3 heterocycles. The smallest absolute Gasteiger partial charge is 0.410 e. The Labute approximate surface area is 178 Å². The molecule has 1 amide bonds. The largest absolute Gasteiger partial charge is 0.412 e. The maximum Gasteiger partial charge on any atom is 0.412 e. The van der Waals surface area contributed by atoms with Gasteiger partial charge >= 0.3 is 6.09 Å². The molecule has 0 saturated carbocycles. The van der Waals surface area contributed by atoms with E-state index in [-0.39, 0.29) is 5.56 Å². The van der Waals surface area contributed by atoms with Crippen molar-refractivity contribution in [2.75, 3.05) is 26.2 Å². The summed E-state index contributed by atoms with van der Waals surface area (Å²) in [6.45, 7) is 3.57. The predicted octanol–water partition coefficient (Wildman–Crippen LogP) is 3.26. The minimum absolute atomic E-state index is 0.216. The first-order chi connectivity index (χ1) is 15.2. The molecule has 2 aromatic carbocycles. The van der Waals surface area contributed by atoms with Gasteiger partial charge in [0.1, 0.15) is 11.6 Å². The third-order valence-corrected chi connectivity index (χ3v) is 5.57. The third kappa shape index (κ3) is 4.15. The minimum atomic E-state index is -0.486. The van der Waals surface area contributed by atoms with Crippen LogP contribution in [0.3, 0.4) is 0 Å². The molecule has 0 aliphatic carbocycles. The summed E-state index contributed by atoms with van der Waals surface area (Å²) < 4.78 is 5.39. The SMILES string of the molecule is O=C(NCCN1CCCC1)Oc1ccc2[nH]c(-c3cc4ccccc4[nH]c3=O)nc2c1. The molecule has 5 rings (SSSR count). The first-order valence-corrected chi connectivity index (χ1v) is 10.5. The Morgan fingerprint density at radius 2 is 1.90 bits per heavy atom. The number of hydrogen-bond acceptors (Lipinski definition) is 5. The number of aromatic nitrogens is 3. The van der Waals surface area contributed by atoms with Crippen LogP contribution in [0.4, 0.5) is 4.79 Å². The summed E-state index contributed by atoms with van der Waals surface area (Å²) >= 11 is 0. The molecule has 1 aliphatic heterocycles. The van der Waals surface area contributed by atoms with Gasteiger partial charge in [0.05, 0.1) is 16.6 Å². The first-order valence-electron chi connectivity index (χ1n) is 10.5. The number of rotatable bonds is 5. The maximum absolute atomic E-state index is 12.5. The number of nitrogens with one attached hydrogen (secondary N) is 3. The lowest BCUT2D eigenvalue weighted by molar-refractivity contribution is 0.198. The summed E-state index contributed by atoms with van der Waals surface area (Å²) in [5.74, 6) is 0.867. The lowest BCUT2D eigenvalue weighted by Gasteiger charge is -2.14. The molecule has 1 fully saturated rings. The number of amides is 1. The molecular formula is C23H23N5O3. The van der Waals surface area contributed by atoms with Gasteiger partial charge in [-0.05, 0) is 55.6 Å². The van der Waals surface area contributed by atoms with Crippen LogP contribution in [0.15, 0.2) is 53.3 Å². The number of aromatic amines is 2. The number of carbonyl (C=O) groups excluding carboxylic acids is 1. The zero-order valence-corrected chi connectivity index (χ0v) is 17.0. The van der Waals surface area contributed by atoms with Crippen molar-refractivity contribution in [2.24, 2.45) is 0 Å². The summed E-state index contributed by atoms with van der Waals surface area (Å²) in [4.78, 5) is 37.5. The van der Waals surface area contributed by atoms with Crippen LogP contribution >= 0.6 is 0 Å². The predicted molar refractivity (Wildman–Crippen MR) is 119 cm³/mol. The van der Waals surface area contributed by atoms with Crippen LogP contribution in [-0.2, 0) is 0 Å². The number of benzene rings is 2. The molecule has 1 aliphatic rings. The highest BCUT2D eigenvalue weighted by Crippen LogP contribution is 2.24. The second-order valence-electron chi connectivity index (χ2n) is 7.73. The van der Waals surface area contributed by atoms with Gasteiger partial charge in [-0.1, -0.05) is 18.2 Å². The van der Waals surface area contributed by atoms with Gasteiger partial charge in [-0.25, -0.2) is 9.78 Å². The fraction of sp³-hybridized carbons (Fsp3) is 0.261. The molecule has 0 spiro atoms. The van der Waals surface area contributed by atoms with Crippen molar-refractivity contribution in [3.05, 3.63) is 58.9 Å². The molecule has 8 heteroatoms. The number of imidazole rings is 1. The highest BCUT2D eigenvalue weighted by molar-refractivity contribution is 5.85. The van der Waals surface area contributed by atoms with Gasteiger partial charge in [0.25, 0.3) is 5.56 Å². The number of pyridine rings is 1. The number of carbonyl (C=O) groups is 1. The zero-order chi connectivity index (χ0) is 21.2. The highest BCUT2D eigenvalue weighted by atomic mass is 16.6. The molecule has 0 unspecified atom stereocenters. The standard InChI is InChI=1S/C23H23N5O3/c29-22-17(13-15-5-1-2-6-18(15)27-22)21-25-19-8-7-16(14-20(19)26-21)31-23(30)24-9-12-28-10-3-4-11-28/h1-2,5-8,13-14H,3-4,9-12H2,(H,24,30)(H,25,26)(H,27,29). The topological polar surface area (TPSA) is 103 Å². The van der Waals surface area contributed by atoms with Crippen molar-refractivity contribution >= 4 is 28.0 Å². The second-order valence-corrected chi connectivity index (χ2v) is 7.73. The van der Waals surface area contributed by atoms with Crippen LogP contribution < -0.4 is 15.6 Å². The Hall–Kier alpha value is -3.65. The fourth-order valence-corrected chi connectivity index (χ4v) is 3.97. The molecule has 4 aromatic rings. The van der Waals surface area contributed by atoms with Gasteiger partial charge in [-0.3, -0.25) is 4.79 Å². The lowest BCUT2D eigenvalue weighted by Crippen LogP contribution is -2.35. The Bertz CT molecular complexity index is 1300. The van der Waals surface area contributed by atoms with Gasteiger partial charge in [-0.15, -0.1) is 0 Å². The zero-order valence-electron chi connectivity index (χ0n) is 17.0. The van der Waals surface area contributed by atoms with Crippen molar-refractivity contribution in [3.63, 3.8) is 0 Å². The van der Waals surface area contributed by atoms with Crippen molar-refractivity contribution < 1.29 is 9.53 Å². The number of ether oxygens (including phenoxy) is 1. The van der Waals surface area contributed by atoms with Crippen molar-refractivity contribution in [1.82, 2.24) is 25.2 Å². The normalized spacial score (nSPS) is 14.3. The average Bonchev–Trinajstić information content (AvgIpc) is 3.42. The summed E-state index contributed by atoms with van der Waals surface area (Å²) in [5.41, 5.74) is 2.39. The number of hydrogen-bond donors (Lipinski definition) is 3. The van der Waals surface area contributed by atoms with Crippen LogP contribution in [-0.4, -0.2) is 52.1 Å². The van der Waals surface area contributed by atoms with E-state index in [1.807, 2.05) is 30.3 Å². The van der Waals surface area contributed by atoms with E-state index in [0.29, 0.717) is 29.2 Å². The summed E-state index contributed by atoms with van der Waals surface area (Å²) in [7, 11) is 0. The molecule has 0 bridgehead atoms. The first kappa shape index (κ1) is 19.3. The number of fused-ring (bicyclic) bond motifs is 2. The Kier molecular flexibility index (Phi) is 5.13. The van der Waals surface area contributed by atoms with E-state index in [0.717, 1.165) is 36.1 Å². The van der Waals surface area contributed by atoms with E-state index in [1.54, 1.807) is 18.2 Å². The Morgan fingerprint density at radius 3 is 2.77 bits per heavy atom. The van der Waals surface area contributed by atoms with E-state index in [2.05, 4.69) is 25.2 Å². The fourth-order valence-electron chi connectivity index (χ4n) is 3.97. The average molecular weight is 417 g/mol.